The van der Waals surface area contributed by atoms with Crippen LogP contribution in [-0.2, 0) is 33.2 Å². The largest absolute Gasteiger partial charge is 0.394 e. The van der Waals surface area contributed by atoms with E-state index in [1.165, 1.54) is 205 Å². The number of allylic oxidation sites excluding steroid dienone is 8. The van der Waals surface area contributed by atoms with E-state index in [9.17, 15) is 61.0 Å². The summed E-state index contributed by atoms with van der Waals surface area (Å²) in [4.78, 5) is 13.5. The fourth-order valence-electron chi connectivity index (χ4n) is 13.4. The molecule has 97 heavy (non-hydrogen) atoms. The monoisotopic (exact) mass is 1380 g/mol. The average Bonchev–Trinajstić information content (AvgIpc) is 0.790. The molecule has 0 aromatic heterocycles. The third-order valence-corrected chi connectivity index (χ3v) is 19.7. The lowest BCUT2D eigenvalue weighted by atomic mass is 9.96. The number of hydrogen-bond acceptors (Lipinski definition) is 18. The van der Waals surface area contributed by atoms with Crippen LogP contribution in [0.4, 0.5) is 0 Å². The Kier molecular flexibility index (Phi) is 54.3. The smallest absolute Gasteiger partial charge is 0.220 e. The van der Waals surface area contributed by atoms with E-state index in [4.69, 9.17) is 28.4 Å². The van der Waals surface area contributed by atoms with Gasteiger partial charge in [-0.25, -0.2) is 0 Å². The summed E-state index contributed by atoms with van der Waals surface area (Å²) in [6.07, 6.45) is 46.2. The molecule has 19 nitrogen and oxygen atoms in total. The van der Waals surface area contributed by atoms with E-state index in [1.807, 2.05) is 0 Å². The highest BCUT2D eigenvalue weighted by Gasteiger charge is 2.54. The van der Waals surface area contributed by atoms with Crippen LogP contribution in [0.2, 0.25) is 0 Å². The number of aliphatic hydroxyl groups excluding tert-OH is 11. The zero-order chi connectivity index (χ0) is 70.4. The van der Waals surface area contributed by atoms with Crippen molar-refractivity contribution in [2.24, 2.45) is 0 Å². The van der Waals surface area contributed by atoms with Gasteiger partial charge in [0.2, 0.25) is 5.91 Å². The predicted octanol–water partition coefficient (Wildman–Crippen LogP) is 12.5. The van der Waals surface area contributed by atoms with Gasteiger partial charge in [0.25, 0.3) is 0 Å². The third-order valence-electron chi connectivity index (χ3n) is 19.7. The molecule has 568 valence electrons. The van der Waals surface area contributed by atoms with Gasteiger partial charge in [-0.1, -0.05) is 300 Å². The minimum absolute atomic E-state index is 0.240. The molecule has 0 saturated carbocycles. The summed E-state index contributed by atoms with van der Waals surface area (Å²) < 4.78 is 34.5. The lowest BCUT2D eigenvalue weighted by molar-refractivity contribution is -0.379. The van der Waals surface area contributed by atoms with Crippen molar-refractivity contribution in [2.45, 2.75) is 413 Å². The van der Waals surface area contributed by atoms with Crippen molar-refractivity contribution in [3.05, 3.63) is 48.6 Å². The molecule has 12 N–H and O–H groups in total. The molecule has 0 spiro atoms. The standard InChI is InChI=1S/C78H143NO18/c1-3-5-7-9-11-13-15-17-19-21-23-25-27-29-30-32-34-36-38-40-42-44-46-48-50-52-54-56-66(84)79-61(62(83)55-53-51-49-47-45-43-41-39-37-35-33-31-28-26-24-22-20-18-16-14-12-10-8-6-4-2)60-92-76-72(90)69(87)74(64(58-81)94-76)97-78-73(91)70(88)75(65(59-82)95-78)96-77-71(89)68(86)67(85)63(57-80)93-77/h5,7,11,13,17,19,23,25,61-65,67-78,80-83,85-91H,3-4,6,8-10,12,14-16,18,20-22,24,26-60H2,1-2H3,(H,79,84)/b7-5-,13-11-,19-17-,25-23-. The van der Waals surface area contributed by atoms with Crippen LogP contribution in [-0.4, -0.2) is 193 Å². The van der Waals surface area contributed by atoms with Crippen molar-refractivity contribution in [1.29, 1.82) is 0 Å². The Balaban J connectivity index is 1.38. The summed E-state index contributed by atoms with van der Waals surface area (Å²) >= 11 is 0. The first kappa shape index (κ1) is 89.0. The van der Waals surface area contributed by atoms with Crippen LogP contribution in [0.1, 0.15) is 309 Å². The van der Waals surface area contributed by atoms with Crippen LogP contribution >= 0.6 is 0 Å². The summed E-state index contributed by atoms with van der Waals surface area (Å²) in [7, 11) is 0. The topological polar surface area (TPSA) is 307 Å². The highest BCUT2D eigenvalue weighted by Crippen LogP contribution is 2.33. The number of nitrogens with one attached hydrogen (secondary N) is 1. The fourth-order valence-corrected chi connectivity index (χ4v) is 13.4. The highest BCUT2D eigenvalue weighted by atomic mass is 16.8. The minimum atomic E-state index is -1.97. The maximum absolute atomic E-state index is 13.5. The lowest BCUT2D eigenvalue weighted by Gasteiger charge is -2.48. The Morgan fingerprint density at radius 1 is 0.381 bits per heavy atom. The molecule has 0 aliphatic carbocycles. The molecular weight excluding hydrogens is 1240 g/mol. The molecule has 0 radical (unpaired) electrons. The van der Waals surface area contributed by atoms with E-state index in [2.05, 4.69) is 67.8 Å². The van der Waals surface area contributed by atoms with E-state index in [-0.39, 0.29) is 18.9 Å². The average molecular weight is 1380 g/mol. The van der Waals surface area contributed by atoms with Crippen molar-refractivity contribution < 1.29 is 89.4 Å². The molecule has 3 saturated heterocycles. The first-order valence-electron chi connectivity index (χ1n) is 39.4. The van der Waals surface area contributed by atoms with E-state index in [1.54, 1.807) is 0 Å². The van der Waals surface area contributed by atoms with Gasteiger partial charge in [0.15, 0.2) is 18.9 Å². The maximum Gasteiger partial charge on any atom is 0.220 e. The summed E-state index contributed by atoms with van der Waals surface area (Å²) in [5.74, 6) is -0.240. The first-order valence-corrected chi connectivity index (χ1v) is 39.4. The number of aliphatic hydroxyl groups is 11. The molecule has 0 aromatic rings. The molecule has 3 heterocycles. The molecule has 1 amide bonds. The summed E-state index contributed by atoms with van der Waals surface area (Å²) in [5.41, 5.74) is 0. The van der Waals surface area contributed by atoms with Gasteiger partial charge in [-0.3, -0.25) is 4.79 Å². The van der Waals surface area contributed by atoms with Crippen LogP contribution < -0.4 is 5.32 Å². The molecule has 3 aliphatic heterocycles. The molecule has 3 rings (SSSR count). The first-order chi connectivity index (χ1) is 47.3. The second-order valence-corrected chi connectivity index (χ2v) is 28.2. The predicted molar refractivity (Wildman–Crippen MR) is 383 cm³/mol. The van der Waals surface area contributed by atoms with Crippen molar-refractivity contribution >= 4 is 5.91 Å². The van der Waals surface area contributed by atoms with Crippen molar-refractivity contribution in [2.75, 3.05) is 26.4 Å². The number of amides is 1. The number of carbonyl (C=O) groups is 1. The second-order valence-electron chi connectivity index (χ2n) is 28.2. The van der Waals surface area contributed by atoms with Gasteiger partial charge in [0.05, 0.1) is 38.6 Å². The van der Waals surface area contributed by atoms with E-state index < -0.39 is 124 Å². The number of rotatable bonds is 62. The normalized spacial score (nSPS) is 27.1. The Morgan fingerprint density at radius 2 is 0.711 bits per heavy atom. The van der Waals surface area contributed by atoms with Crippen LogP contribution in [0, 0.1) is 0 Å². The van der Waals surface area contributed by atoms with Gasteiger partial charge >= 0.3 is 0 Å². The van der Waals surface area contributed by atoms with Gasteiger partial charge in [0.1, 0.15) is 73.2 Å². The number of hydrogen-bond donors (Lipinski definition) is 12. The zero-order valence-corrected chi connectivity index (χ0v) is 60.6. The van der Waals surface area contributed by atoms with E-state index in [0.29, 0.717) is 12.8 Å². The molecule has 3 fully saturated rings. The quantitative estimate of drug-likeness (QED) is 0.0199. The molecular formula is C78H143NO18. The summed E-state index contributed by atoms with van der Waals surface area (Å²) in [6.45, 7) is 1.73. The zero-order valence-electron chi connectivity index (χ0n) is 60.6. The fraction of sp³-hybridized carbons (Fsp3) is 0.885. The molecule has 0 bridgehead atoms. The molecule has 0 aromatic carbocycles. The number of ether oxygens (including phenoxy) is 6. The Bertz CT molecular complexity index is 1940. The molecule has 17 unspecified atom stereocenters. The lowest BCUT2D eigenvalue weighted by Crippen LogP contribution is -2.66. The molecule has 19 heteroatoms. The summed E-state index contributed by atoms with van der Waals surface area (Å²) in [6, 6.07) is -0.890. The SMILES string of the molecule is CC/C=C\C/C=C\C/C=C\C/C=C\CCCCCCCCCCCCCCCCC(=O)NC(COC1OC(CO)C(OC2OC(CO)C(OC3OC(CO)C(O)C(O)C3O)C(O)C2O)C(O)C1O)C(O)CCCCCCCCCCCCCCCCCCCCCCCCCCC. The van der Waals surface area contributed by atoms with Crippen LogP contribution in [0.5, 0.6) is 0 Å². The van der Waals surface area contributed by atoms with Gasteiger partial charge in [-0.15, -0.1) is 0 Å². The van der Waals surface area contributed by atoms with Crippen molar-refractivity contribution in [3.8, 4) is 0 Å². The molecule has 3 aliphatic rings. The Labute approximate surface area is 586 Å². The van der Waals surface area contributed by atoms with Gasteiger partial charge in [-0.2, -0.15) is 0 Å². The van der Waals surface area contributed by atoms with Crippen LogP contribution in [0.15, 0.2) is 48.6 Å². The minimum Gasteiger partial charge on any atom is -0.394 e. The second kappa shape index (κ2) is 59.2. The number of carbonyl (C=O) groups excluding carboxylic acids is 1. The van der Waals surface area contributed by atoms with Gasteiger partial charge in [0, 0.05) is 6.42 Å². The van der Waals surface area contributed by atoms with E-state index in [0.717, 1.165) is 70.6 Å². The maximum atomic E-state index is 13.5. The van der Waals surface area contributed by atoms with Crippen LogP contribution in [0.3, 0.4) is 0 Å². The van der Waals surface area contributed by atoms with Gasteiger partial charge in [-0.05, 0) is 51.4 Å². The van der Waals surface area contributed by atoms with Crippen molar-refractivity contribution in [3.63, 3.8) is 0 Å². The van der Waals surface area contributed by atoms with Crippen LogP contribution in [0.25, 0.3) is 0 Å². The number of unbranched alkanes of at least 4 members (excludes halogenated alkanes) is 38. The highest BCUT2D eigenvalue weighted by molar-refractivity contribution is 5.76. The van der Waals surface area contributed by atoms with E-state index >= 15 is 0 Å². The third kappa shape index (κ3) is 39.8. The summed E-state index contributed by atoms with van der Waals surface area (Å²) in [5, 5.41) is 121. The van der Waals surface area contributed by atoms with Gasteiger partial charge < -0.3 is 89.9 Å². The Hall–Kier alpha value is -2.25. The Morgan fingerprint density at radius 3 is 1.11 bits per heavy atom. The van der Waals surface area contributed by atoms with Crippen molar-refractivity contribution in [1.82, 2.24) is 5.32 Å². The molecule has 17 atom stereocenters.